The summed E-state index contributed by atoms with van der Waals surface area (Å²) in [5.41, 5.74) is 6.97. The van der Waals surface area contributed by atoms with E-state index in [1.54, 1.807) is 0 Å². The van der Waals surface area contributed by atoms with Gasteiger partial charge in [-0.25, -0.2) is 4.68 Å². The maximum Gasteiger partial charge on any atom is 0.325 e. The normalized spacial score (nSPS) is 20.4. The van der Waals surface area contributed by atoms with Crippen LogP contribution in [0.5, 0.6) is 0 Å². The minimum absolute atomic E-state index is 0.0927. The first kappa shape index (κ1) is 12.0. The average Bonchev–Trinajstić information content (AvgIpc) is 2.72. The molecule has 94 valence electrons. The molecular weight excluding hydrogens is 224 g/mol. The molecule has 1 aromatic rings. The number of aromatic nitrogens is 3. The second kappa shape index (κ2) is 5.24. The number of rotatable bonds is 4. The van der Waals surface area contributed by atoms with E-state index in [9.17, 15) is 4.79 Å². The van der Waals surface area contributed by atoms with Gasteiger partial charge in [0.1, 0.15) is 18.3 Å². The monoisotopic (exact) mass is 240 g/mol. The molecule has 0 radical (unpaired) electrons. The number of hydrogen-bond donors (Lipinski definition) is 2. The van der Waals surface area contributed by atoms with Crippen molar-refractivity contribution in [2.75, 3.05) is 6.61 Å². The molecule has 2 rings (SSSR count). The Labute approximate surface area is 98.5 Å². The molecule has 0 aromatic carbocycles. The maximum atomic E-state index is 10.7. The van der Waals surface area contributed by atoms with Gasteiger partial charge in [0, 0.05) is 13.2 Å². The highest BCUT2D eigenvalue weighted by molar-refractivity contribution is 5.66. The zero-order chi connectivity index (χ0) is 12.3. The van der Waals surface area contributed by atoms with Crippen molar-refractivity contribution in [2.45, 2.75) is 38.5 Å². The van der Waals surface area contributed by atoms with Crippen molar-refractivity contribution in [1.29, 1.82) is 0 Å². The number of hydrogen-bond acceptors (Lipinski definition) is 5. The standard InChI is InChI=1S/C10H16N4O3/c11-5-7-10(8-3-1-2-4-17-8)12-13-14(7)6-9(15)16/h8H,1-6,11H2,(H,15,16). The van der Waals surface area contributed by atoms with Gasteiger partial charge in [0.05, 0.1) is 5.69 Å². The Morgan fingerprint density at radius 1 is 1.59 bits per heavy atom. The quantitative estimate of drug-likeness (QED) is 0.771. The SMILES string of the molecule is NCc1c(C2CCCCO2)nnn1CC(=O)O. The number of aliphatic carboxylic acids is 1. The Hall–Kier alpha value is -1.47. The predicted molar refractivity (Wildman–Crippen MR) is 58.1 cm³/mol. The fraction of sp³-hybridized carbons (Fsp3) is 0.700. The summed E-state index contributed by atoms with van der Waals surface area (Å²) in [6, 6.07) is 0. The number of carboxylic acid groups (broad SMARTS) is 1. The van der Waals surface area contributed by atoms with Crippen LogP contribution < -0.4 is 5.73 Å². The Kier molecular flexibility index (Phi) is 3.70. The third-order valence-corrected chi connectivity index (χ3v) is 2.83. The summed E-state index contributed by atoms with van der Waals surface area (Å²) < 4.78 is 6.93. The molecular formula is C10H16N4O3. The molecule has 0 saturated carbocycles. The first-order valence-corrected chi connectivity index (χ1v) is 5.68. The van der Waals surface area contributed by atoms with Crippen molar-refractivity contribution < 1.29 is 14.6 Å². The van der Waals surface area contributed by atoms with E-state index in [2.05, 4.69) is 10.3 Å². The van der Waals surface area contributed by atoms with Crippen LogP contribution in [0.25, 0.3) is 0 Å². The van der Waals surface area contributed by atoms with Gasteiger partial charge in [0.15, 0.2) is 0 Å². The molecule has 0 amide bonds. The van der Waals surface area contributed by atoms with Crippen molar-refractivity contribution in [3.8, 4) is 0 Å². The van der Waals surface area contributed by atoms with Gasteiger partial charge in [-0.15, -0.1) is 5.10 Å². The highest BCUT2D eigenvalue weighted by atomic mass is 16.5. The molecule has 0 bridgehead atoms. The largest absolute Gasteiger partial charge is 0.480 e. The van der Waals surface area contributed by atoms with Gasteiger partial charge in [-0.2, -0.15) is 0 Å². The van der Waals surface area contributed by atoms with Gasteiger partial charge < -0.3 is 15.6 Å². The molecule has 7 nitrogen and oxygen atoms in total. The van der Waals surface area contributed by atoms with Crippen LogP contribution in [0.15, 0.2) is 0 Å². The number of nitrogens with zero attached hydrogens (tertiary/aromatic N) is 3. The van der Waals surface area contributed by atoms with E-state index in [1.165, 1.54) is 4.68 Å². The summed E-state index contributed by atoms with van der Waals surface area (Å²) in [5, 5.41) is 16.6. The first-order valence-electron chi connectivity index (χ1n) is 5.68. The summed E-state index contributed by atoms with van der Waals surface area (Å²) in [4.78, 5) is 10.7. The summed E-state index contributed by atoms with van der Waals surface area (Å²) in [6.07, 6.45) is 2.93. The molecule has 3 N–H and O–H groups in total. The number of carboxylic acids is 1. The second-order valence-electron chi connectivity index (χ2n) is 4.03. The second-order valence-corrected chi connectivity index (χ2v) is 4.03. The summed E-state index contributed by atoms with van der Waals surface area (Å²) in [5.74, 6) is -0.958. The maximum absolute atomic E-state index is 10.7. The minimum atomic E-state index is -0.958. The summed E-state index contributed by atoms with van der Waals surface area (Å²) in [6.45, 7) is 0.711. The Morgan fingerprint density at radius 3 is 3.00 bits per heavy atom. The highest BCUT2D eigenvalue weighted by Gasteiger charge is 2.24. The van der Waals surface area contributed by atoms with Crippen LogP contribution in [-0.2, 0) is 22.6 Å². The van der Waals surface area contributed by atoms with E-state index in [0.717, 1.165) is 19.3 Å². The number of ether oxygens (including phenoxy) is 1. The third-order valence-electron chi connectivity index (χ3n) is 2.83. The van der Waals surface area contributed by atoms with Gasteiger partial charge in [0.25, 0.3) is 0 Å². The fourth-order valence-corrected chi connectivity index (χ4v) is 2.02. The van der Waals surface area contributed by atoms with Crippen LogP contribution in [0.4, 0.5) is 0 Å². The topological polar surface area (TPSA) is 103 Å². The van der Waals surface area contributed by atoms with Gasteiger partial charge in [-0.1, -0.05) is 5.21 Å². The van der Waals surface area contributed by atoms with Crippen molar-refractivity contribution >= 4 is 5.97 Å². The zero-order valence-corrected chi connectivity index (χ0v) is 9.50. The van der Waals surface area contributed by atoms with E-state index in [-0.39, 0.29) is 19.2 Å². The molecule has 1 aromatic heterocycles. The Morgan fingerprint density at radius 2 is 2.41 bits per heavy atom. The Bertz CT molecular complexity index is 398. The summed E-state index contributed by atoms with van der Waals surface area (Å²) >= 11 is 0. The predicted octanol–water partition coefficient (Wildman–Crippen LogP) is 0.0630. The first-order chi connectivity index (χ1) is 8.22. The Balaban J connectivity index is 2.21. The van der Waals surface area contributed by atoms with E-state index in [4.69, 9.17) is 15.6 Å². The molecule has 0 aliphatic carbocycles. The van der Waals surface area contributed by atoms with Crippen LogP contribution in [0.3, 0.4) is 0 Å². The van der Waals surface area contributed by atoms with Crippen LogP contribution in [0.2, 0.25) is 0 Å². The molecule has 17 heavy (non-hydrogen) atoms. The van der Waals surface area contributed by atoms with E-state index in [1.807, 2.05) is 0 Å². The minimum Gasteiger partial charge on any atom is -0.480 e. The van der Waals surface area contributed by atoms with Crippen molar-refractivity contribution in [3.05, 3.63) is 11.4 Å². The molecule has 0 spiro atoms. The van der Waals surface area contributed by atoms with Crippen LogP contribution in [0, 0.1) is 0 Å². The van der Waals surface area contributed by atoms with E-state index in [0.29, 0.717) is 18.0 Å². The average molecular weight is 240 g/mol. The number of nitrogens with two attached hydrogens (primary N) is 1. The molecule has 1 atom stereocenters. The zero-order valence-electron chi connectivity index (χ0n) is 9.50. The molecule has 1 aliphatic rings. The molecule has 2 heterocycles. The van der Waals surface area contributed by atoms with Gasteiger partial charge in [0.2, 0.25) is 0 Å². The number of carbonyl (C=O) groups is 1. The van der Waals surface area contributed by atoms with Crippen molar-refractivity contribution in [3.63, 3.8) is 0 Å². The third kappa shape index (κ3) is 2.62. The molecule has 1 aliphatic heterocycles. The summed E-state index contributed by atoms with van der Waals surface area (Å²) in [7, 11) is 0. The van der Waals surface area contributed by atoms with Crippen LogP contribution >= 0.6 is 0 Å². The smallest absolute Gasteiger partial charge is 0.325 e. The van der Waals surface area contributed by atoms with Crippen LogP contribution in [0.1, 0.15) is 36.8 Å². The lowest BCUT2D eigenvalue weighted by molar-refractivity contribution is -0.138. The van der Waals surface area contributed by atoms with Crippen molar-refractivity contribution in [1.82, 2.24) is 15.0 Å². The van der Waals surface area contributed by atoms with Gasteiger partial charge in [-0.3, -0.25) is 4.79 Å². The lowest BCUT2D eigenvalue weighted by Gasteiger charge is -2.21. The van der Waals surface area contributed by atoms with E-state index >= 15 is 0 Å². The van der Waals surface area contributed by atoms with Gasteiger partial charge >= 0.3 is 5.97 Å². The molecule has 1 saturated heterocycles. The lowest BCUT2D eigenvalue weighted by Crippen LogP contribution is -2.18. The molecule has 1 unspecified atom stereocenters. The van der Waals surface area contributed by atoms with Gasteiger partial charge in [-0.05, 0) is 19.3 Å². The van der Waals surface area contributed by atoms with E-state index < -0.39 is 5.97 Å². The fourth-order valence-electron chi connectivity index (χ4n) is 2.02. The molecule has 7 heteroatoms. The van der Waals surface area contributed by atoms with Crippen molar-refractivity contribution in [2.24, 2.45) is 5.73 Å². The lowest BCUT2D eigenvalue weighted by atomic mass is 10.0. The molecule has 1 fully saturated rings. The van der Waals surface area contributed by atoms with Crippen LogP contribution in [-0.4, -0.2) is 32.7 Å². The highest BCUT2D eigenvalue weighted by Crippen LogP contribution is 2.28.